The van der Waals surface area contributed by atoms with Gasteiger partial charge in [0.15, 0.2) is 0 Å². The Morgan fingerprint density at radius 3 is 1.88 bits per heavy atom. The van der Waals surface area contributed by atoms with E-state index in [1.165, 1.54) is 4.90 Å². The van der Waals surface area contributed by atoms with Crippen LogP contribution in [-0.4, -0.2) is 41.1 Å². The molecule has 0 spiro atoms. The zero-order valence-corrected chi connectivity index (χ0v) is 24.3. The predicted octanol–water partition coefficient (Wildman–Crippen LogP) is 6.84. The fourth-order valence-corrected chi connectivity index (χ4v) is 4.68. The van der Waals surface area contributed by atoms with Crippen LogP contribution >= 0.6 is 0 Å². The molecule has 0 radical (unpaired) electrons. The Hall–Kier alpha value is -3.97. The molecule has 0 aliphatic carbocycles. The van der Waals surface area contributed by atoms with Gasteiger partial charge in [0.2, 0.25) is 5.91 Å². The van der Waals surface area contributed by atoms with Gasteiger partial charge in [0.25, 0.3) is 0 Å². The average molecular weight is 559 g/mol. The van der Waals surface area contributed by atoms with E-state index in [-0.39, 0.29) is 18.4 Å². The number of aliphatic carboxylic acids is 1. The van der Waals surface area contributed by atoms with Gasteiger partial charge in [0, 0.05) is 19.1 Å². The molecule has 218 valence electrons. The Balaban J connectivity index is 1.72. The van der Waals surface area contributed by atoms with E-state index in [1.54, 1.807) is 0 Å². The fourth-order valence-electron chi connectivity index (χ4n) is 4.68. The fraction of sp³-hybridized carbons (Fsp3) is 0.382. The molecule has 3 rings (SSSR count). The Kier molecular flexibility index (Phi) is 12.1. The van der Waals surface area contributed by atoms with Crippen LogP contribution < -0.4 is 5.32 Å². The number of ether oxygens (including phenoxy) is 1. The second-order valence-corrected chi connectivity index (χ2v) is 11.5. The normalized spacial score (nSPS) is 12.1. The first-order valence-corrected chi connectivity index (χ1v) is 14.2. The first-order chi connectivity index (χ1) is 19.6. The van der Waals surface area contributed by atoms with Crippen molar-refractivity contribution in [3.05, 3.63) is 108 Å². The molecule has 0 fully saturated rings. The Morgan fingerprint density at radius 2 is 1.37 bits per heavy atom. The molecule has 0 saturated heterocycles. The zero-order chi connectivity index (χ0) is 29.7. The van der Waals surface area contributed by atoms with E-state index in [2.05, 4.69) is 5.32 Å². The molecule has 1 atom stereocenters. The van der Waals surface area contributed by atoms with Gasteiger partial charge in [-0.2, -0.15) is 0 Å². The summed E-state index contributed by atoms with van der Waals surface area (Å²) in [7, 11) is 0. The van der Waals surface area contributed by atoms with Gasteiger partial charge in [-0.15, -0.1) is 0 Å². The first-order valence-electron chi connectivity index (χ1n) is 14.2. The summed E-state index contributed by atoms with van der Waals surface area (Å²) in [6.07, 6.45) is 1.32. The number of carbonyl (C=O) groups excluding carboxylic acids is 2. The summed E-state index contributed by atoms with van der Waals surface area (Å²) in [6, 6.07) is 28.0. The lowest BCUT2D eigenvalue weighted by Gasteiger charge is -2.32. The summed E-state index contributed by atoms with van der Waals surface area (Å²) >= 11 is 0. The quantitative estimate of drug-likeness (QED) is 0.211. The van der Waals surface area contributed by atoms with Crippen LogP contribution in [0, 0.1) is 11.3 Å². The van der Waals surface area contributed by atoms with Crippen LogP contribution in [0.2, 0.25) is 0 Å². The SMILES string of the molecule is CC(C)(C)CN(C(=O)NC(c1ccccc1)c1ccccc1)C(=O)[C@H](CCCCOCc1ccccc1)CC(=O)O. The van der Waals surface area contributed by atoms with E-state index < -0.39 is 29.9 Å². The van der Waals surface area contributed by atoms with Crippen molar-refractivity contribution in [1.82, 2.24) is 10.2 Å². The number of amides is 3. The summed E-state index contributed by atoms with van der Waals surface area (Å²) in [4.78, 5) is 40.6. The number of hydrogen-bond acceptors (Lipinski definition) is 4. The van der Waals surface area contributed by atoms with Crippen LogP contribution in [0.15, 0.2) is 91.0 Å². The van der Waals surface area contributed by atoms with Gasteiger partial charge in [-0.25, -0.2) is 4.79 Å². The molecule has 3 aromatic rings. The topological polar surface area (TPSA) is 95.9 Å². The van der Waals surface area contributed by atoms with Crippen LogP contribution in [0.3, 0.4) is 0 Å². The molecule has 0 aromatic heterocycles. The number of carbonyl (C=O) groups is 3. The summed E-state index contributed by atoms with van der Waals surface area (Å²) in [5, 5.41) is 12.7. The van der Waals surface area contributed by atoms with Gasteiger partial charge in [-0.05, 0) is 34.9 Å². The molecule has 3 amide bonds. The van der Waals surface area contributed by atoms with Crippen LogP contribution in [-0.2, 0) is 20.9 Å². The van der Waals surface area contributed by atoms with Gasteiger partial charge in [0.1, 0.15) is 0 Å². The number of nitrogens with one attached hydrogen (secondary N) is 1. The van der Waals surface area contributed by atoms with Crippen molar-refractivity contribution < 1.29 is 24.2 Å². The number of benzene rings is 3. The number of imide groups is 1. The average Bonchev–Trinajstić information content (AvgIpc) is 2.96. The molecule has 0 aliphatic rings. The Morgan fingerprint density at radius 1 is 0.829 bits per heavy atom. The van der Waals surface area contributed by atoms with E-state index >= 15 is 0 Å². The predicted molar refractivity (Wildman–Crippen MR) is 160 cm³/mol. The van der Waals surface area contributed by atoms with Crippen molar-refractivity contribution in [3.8, 4) is 0 Å². The van der Waals surface area contributed by atoms with E-state index in [9.17, 15) is 19.5 Å². The number of rotatable bonds is 14. The number of nitrogens with zero attached hydrogens (tertiary/aromatic N) is 1. The van der Waals surface area contributed by atoms with E-state index in [0.29, 0.717) is 32.5 Å². The van der Waals surface area contributed by atoms with Crippen molar-refractivity contribution in [3.63, 3.8) is 0 Å². The number of carboxylic acids is 1. The molecule has 0 aliphatic heterocycles. The summed E-state index contributed by atoms with van der Waals surface area (Å²) in [5.41, 5.74) is 2.46. The number of carboxylic acid groups (broad SMARTS) is 1. The smallest absolute Gasteiger partial charge is 0.324 e. The minimum absolute atomic E-state index is 0.157. The maximum absolute atomic E-state index is 13.8. The summed E-state index contributed by atoms with van der Waals surface area (Å²) in [5.74, 6) is -2.35. The lowest BCUT2D eigenvalue weighted by Crippen LogP contribution is -2.50. The third-order valence-electron chi connectivity index (χ3n) is 6.65. The van der Waals surface area contributed by atoms with Crippen molar-refractivity contribution in [2.45, 2.75) is 59.1 Å². The molecule has 0 saturated carbocycles. The minimum Gasteiger partial charge on any atom is -0.481 e. The van der Waals surface area contributed by atoms with Gasteiger partial charge in [-0.3, -0.25) is 14.5 Å². The maximum atomic E-state index is 13.8. The monoisotopic (exact) mass is 558 g/mol. The third kappa shape index (κ3) is 10.8. The standard InChI is InChI=1S/C34H42N2O5/c1-34(2,3)25-36(33(40)35-31(27-17-9-5-10-18-27)28-19-11-6-12-20-28)32(39)29(23-30(37)38)21-13-14-22-41-24-26-15-7-4-8-16-26/h4-12,15-20,29,31H,13-14,21-25H2,1-3H3,(H,35,40)(H,37,38)/t29-/m1/s1. The third-order valence-corrected chi connectivity index (χ3v) is 6.65. The summed E-state index contributed by atoms with van der Waals surface area (Å²) in [6.45, 7) is 7.01. The number of unbranched alkanes of at least 4 members (excludes halogenated alkanes) is 1. The molecule has 7 heteroatoms. The molecule has 0 unspecified atom stereocenters. The van der Waals surface area contributed by atoms with E-state index in [0.717, 1.165) is 16.7 Å². The van der Waals surface area contributed by atoms with Gasteiger partial charge in [0.05, 0.1) is 19.1 Å². The highest BCUT2D eigenvalue weighted by molar-refractivity contribution is 5.97. The summed E-state index contributed by atoms with van der Waals surface area (Å²) < 4.78 is 5.75. The minimum atomic E-state index is -1.06. The largest absolute Gasteiger partial charge is 0.481 e. The number of urea groups is 1. The lowest BCUT2D eigenvalue weighted by atomic mass is 9.93. The van der Waals surface area contributed by atoms with Crippen LogP contribution in [0.1, 0.15) is 69.2 Å². The first kappa shape index (κ1) is 31.6. The highest BCUT2D eigenvalue weighted by Gasteiger charge is 2.34. The highest BCUT2D eigenvalue weighted by atomic mass is 16.5. The molecular weight excluding hydrogens is 516 g/mol. The highest BCUT2D eigenvalue weighted by Crippen LogP contribution is 2.25. The van der Waals surface area contributed by atoms with Crippen molar-refractivity contribution >= 4 is 17.9 Å². The van der Waals surface area contributed by atoms with Gasteiger partial charge in [-0.1, -0.05) is 118 Å². The molecule has 0 heterocycles. The molecule has 2 N–H and O–H groups in total. The molecule has 0 bridgehead atoms. The maximum Gasteiger partial charge on any atom is 0.324 e. The Labute approximate surface area is 243 Å². The molecule has 3 aromatic carbocycles. The zero-order valence-electron chi connectivity index (χ0n) is 24.3. The second-order valence-electron chi connectivity index (χ2n) is 11.5. The van der Waals surface area contributed by atoms with E-state index in [4.69, 9.17) is 4.74 Å². The van der Waals surface area contributed by atoms with Crippen molar-refractivity contribution in [1.29, 1.82) is 0 Å². The second kappa shape index (κ2) is 15.7. The molecule has 41 heavy (non-hydrogen) atoms. The van der Waals surface area contributed by atoms with Gasteiger partial charge >= 0.3 is 12.0 Å². The van der Waals surface area contributed by atoms with Crippen molar-refractivity contribution in [2.24, 2.45) is 11.3 Å². The van der Waals surface area contributed by atoms with Gasteiger partial charge < -0.3 is 15.2 Å². The Bertz CT molecular complexity index is 1190. The van der Waals surface area contributed by atoms with Crippen LogP contribution in [0.25, 0.3) is 0 Å². The number of hydrogen-bond donors (Lipinski definition) is 2. The van der Waals surface area contributed by atoms with Crippen LogP contribution in [0.5, 0.6) is 0 Å². The lowest BCUT2D eigenvalue weighted by molar-refractivity contribution is -0.144. The van der Waals surface area contributed by atoms with Crippen molar-refractivity contribution in [2.75, 3.05) is 13.2 Å². The van der Waals surface area contributed by atoms with Crippen LogP contribution in [0.4, 0.5) is 4.79 Å². The van der Waals surface area contributed by atoms with E-state index in [1.807, 2.05) is 112 Å². The molecular formula is C34H42N2O5. The molecule has 7 nitrogen and oxygen atoms in total.